The summed E-state index contributed by atoms with van der Waals surface area (Å²) in [6.45, 7) is 0. The predicted molar refractivity (Wildman–Crippen MR) is 61.8 cm³/mol. The molecule has 0 amide bonds. The molecule has 2 saturated heterocycles. The van der Waals surface area contributed by atoms with E-state index < -0.39 is 0 Å². The second-order valence-corrected chi connectivity index (χ2v) is 5.24. The second-order valence-electron chi connectivity index (χ2n) is 4.53. The standard InChI is InChI=1S/C10H15BrN4/c1-14-10(12-9(11)13-14)15-7-3-2-4-8(15)6-5-7/h7-8H,2-6H2,1H3/t7-,8+. The zero-order valence-electron chi connectivity index (χ0n) is 8.86. The van der Waals surface area contributed by atoms with E-state index in [0.29, 0.717) is 16.8 Å². The molecule has 15 heavy (non-hydrogen) atoms. The Morgan fingerprint density at radius 3 is 2.40 bits per heavy atom. The molecular formula is C10H15BrN4. The number of hydrogen-bond donors (Lipinski definition) is 0. The lowest BCUT2D eigenvalue weighted by atomic mass is 10.0. The Morgan fingerprint density at radius 1 is 1.20 bits per heavy atom. The van der Waals surface area contributed by atoms with Crippen molar-refractivity contribution in [3.05, 3.63) is 4.73 Å². The number of anilines is 1. The van der Waals surface area contributed by atoms with Crippen LogP contribution in [-0.2, 0) is 7.05 Å². The fraction of sp³-hybridized carbons (Fsp3) is 0.800. The molecule has 1 aromatic heterocycles. The van der Waals surface area contributed by atoms with Crippen LogP contribution in [0.2, 0.25) is 0 Å². The fourth-order valence-corrected chi connectivity index (χ4v) is 3.41. The van der Waals surface area contributed by atoms with Crippen molar-refractivity contribution < 1.29 is 0 Å². The topological polar surface area (TPSA) is 34.0 Å². The number of aromatic nitrogens is 3. The van der Waals surface area contributed by atoms with Crippen molar-refractivity contribution in [2.24, 2.45) is 7.05 Å². The molecule has 0 unspecified atom stereocenters. The highest BCUT2D eigenvalue weighted by atomic mass is 79.9. The van der Waals surface area contributed by atoms with Gasteiger partial charge in [0.05, 0.1) is 0 Å². The second kappa shape index (κ2) is 3.47. The van der Waals surface area contributed by atoms with Crippen LogP contribution in [0.1, 0.15) is 32.1 Å². The molecule has 2 atom stereocenters. The van der Waals surface area contributed by atoms with Gasteiger partial charge in [-0.1, -0.05) is 0 Å². The third kappa shape index (κ3) is 1.48. The van der Waals surface area contributed by atoms with Gasteiger partial charge < -0.3 is 4.90 Å². The highest BCUT2D eigenvalue weighted by molar-refractivity contribution is 9.10. The molecule has 2 fully saturated rings. The maximum Gasteiger partial charge on any atom is 0.225 e. The molecular weight excluding hydrogens is 256 g/mol. The molecule has 2 aliphatic rings. The van der Waals surface area contributed by atoms with Crippen molar-refractivity contribution in [3.8, 4) is 0 Å². The molecule has 1 aromatic rings. The Hall–Kier alpha value is -0.580. The van der Waals surface area contributed by atoms with Crippen LogP contribution in [0.25, 0.3) is 0 Å². The van der Waals surface area contributed by atoms with Crippen LogP contribution in [0.5, 0.6) is 0 Å². The lowest BCUT2D eigenvalue weighted by Gasteiger charge is -2.34. The SMILES string of the molecule is Cn1nc(Br)nc1N1[C@@H]2CCC[C@H]1CC2. The first-order chi connectivity index (χ1) is 7.25. The van der Waals surface area contributed by atoms with E-state index in [1.807, 2.05) is 11.7 Å². The highest BCUT2D eigenvalue weighted by Gasteiger charge is 2.38. The van der Waals surface area contributed by atoms with E-state index in [2.05, 4.69) is 30.9 Å². The fourth-order valence-electron chi connectivity index (χ4n) is 3.01. The summed E-state index contributed by atoms with van der Waals surface area (Å²) in [4.78, 5) is 6.96. The average molecular weight is 271 g/mol. The predicted octanol–water partition coefficient (Wildman–Crippen LogP) is 2.10. The number of aryl methyl sites for hydroxylation is 1. The normalized spacial score (nSPS) is 29.9. The lowest BCUT2D eigenvalue weighted by Crippen LogP contribution is -2.41. The molecule has 0 aromatic carbocycles. The van der Waals surface area contributed by atoms with Gasteiger partial charge in [0.15, 0.2) is 0 Å². The van der Waals surface area contributed by atoms with Crippen molar-refractivity contribution in [1.82, 2.24) is 14.8 Å². The summed E-state index contributed by atoms with van der Waals surface area (Å²) in [5, 5.41) is 4.26. The van der Waals surface area contributed by atoms with Crippen LogP contribution < -0.4 is 4.90 Å². The van der Waals surface area contributed by atoms with Crippen LogP contribution in [0, 0.1) is 0 Å². The number of hydrogen-bond acceptors (Lipinski definition) is 3. The van der Waals surface area contributed by atoms with Crippen LogP contribution in [0.4, 0.5) is 5.95 Å². The first-order valence-corrected chi connectivity index (χ1v) is 6.40. The highest BCUT2D eigenvalue weighted by Crippen LogP contribution is 2.38. The Bertz CT molecular complexity index is 359. The van der Waals surface area contributed by atoms with Crippen molar-refractivity contribution >= 4 is 21.9 Å². The molecule has 2 bridgehead atoms. The van der Waals surface area contributed by atoms with E-state index in [1.54, 1.807) is 0 Å². The first kappa shape index (κ1) is 9.63. The lowest BCUT2D eigenvalue weighted by molar-refractivity contribution is 0.454. The van der Waals surface area contributed by atoms with E-state index >= 15 is 0 Å². The smallest absolute Gasteiger partial charge is 0.225 e. The monoisotopic (exact) mass is 270 g/mol. The number of piperidine rings is 1. The number of nitrogens with zero attached hydrogens (tertiary/aromatic N) is 4. The van der Waals surface area contributed by atoms with Crippen molar-refractivity contribution in [2.45, 2.75) is 44.2 Å². The van der Waals surface area contributed by atoms with Gasteiger partial charge >= 0.3 is 0 Å². The zero-order chi connectivity index (χ0) is 10.4. The Balaban J connectivity index is 1.96. The van der Waals surface area contributed by atoms with Crippen LogP contribution >= 0.6 is 15.9 Å². The van der Waals surface area contributed by atoms with E-state index in [9.17, 15) is 0 Å². The largest absolute Gasteiger partial charge is 0.335 e. The van der Waals surface area contributed by atoms with Crippen molar-refractivity contribution in [1.29, 1.82) is 0 Å². The zero-order valence-corrected chi connectivity index (χ0v) is 10.4. The summed E-state index contributed by atoms with van der Waals surface area (Å²) >= 11 is 3.34. The average Bonchev–Trinajstić information content (AvgIpc) is 2.63. The van der Waals surface area contributed by atoms with Gasteiger partial charge in [-0.2, -0.15) is 4.98 Å². The first-order valence-electron chi connectivity index (χ1n) is 5.60. The summed E-state index contributed by atoms with van der Waals surface area (Å²) in [6.07, 6.45) is 6.68. The van der Waals surface area contributed by atoms with Crippen molar-refractivity contribution in [2.75, 3.05) is 4.90 Å². The van der Waals surface area contributed by atoms with Crippen LogP contribution in [0.3, 0.4) is 0 Å². The molecule has 0 N–H and O–H groups in total. The van der Waals surface area contributed by atoms with Gasteiger partial charge in [0.2, 0.25) is 10.7 Å². The Labute approximate surface area is 97.8 Å². The minimum absolute atomic E-state index is 0.699. The molecule has 82 valence electrons. The van der Waals surface area contributed by atoms with E-state index in [4.69, 9.17) is 0 Å². The summed E-state index contributed by atoms with van der Waals surface area (Å²) in [6, 6.07) is 1.41. The maximum absolute atomic E-state index is 4.47. The van der Waals surface area contributed by atoms with Gasteiger partial charge in [-0.05, 0) is 48.0 Å². The maximum atomic E-state index is 4.47. The molecule has 0 aliphatic carbocycles. The molecule has 0 saturated carbocycles. The van der Waals surface area contributed by atoms with E-state index in [1.165, 1.54) is 32.1 Å². The van der Waals surface area contributed by atoms with Crippen LogP contribution in [-0.4, -0.2) is 26.8 Å². The molecule has 3 rings (SSSR count). The Kier molecular flexibility index (Phi) is 2.23. The molecule has 0 radical (unpaired) electrons. The summed E-state index contributed by atoms with van der Waals surface area (Å²) in [5.41, 5.74) is 0. The third-order valence-electron chi connectivity index (χ3n) is 3.64. The van der Waals surface area contributed by atoms with E-state index in [0.717, 1.165) is 5.95 Å². The molecule has 3 heterocycles. The minimum atomic E-state index is 0.699. The van der Waals surface area contributed by atoms with Gasteiger partial charge in [0, 0.05) is 19.1 Å². The van der Waals surface area contributed by atoms with Crippen molar-refractivity contribution in [3.63, 3.8) is 0 Å². The van der Waals surface area contributed by atoms with Gasteiger partial charge in [-0.15, -0.1) is 5.10 Å². The minimum Gasteiger partial charge on any atom is -0.335 e. The quantitative estimate of drug-likeness (QED) is 0.784. The van der Waals surface area contributed by atoms with Gasteiger partial charge in [0.25, 0.3) is 0 Å². The van der Waals surface area contributed by atoms with E-state index in [-0.39, 0.29) is 0 Å². The van der Waals surface area contributed by atoms with Gasteiger partial charge in [0.1, 0.15) is 0 Å². The molecule has 2 aliphatic heterocycles. The molecule has 4 nitrogen and oxygen atoms in total. The third-order valence-corrected chi connectivity index (χ3v) is 3.98. The number of halogens is 1. The summed E-state index contributed by atoms with van der Waals surface area (Å²) < 4.78 is 2.59. The number of rotatable bonds is 1. The summed E-state index contributed by atoms with van der Waals surface area (Å²) in [7, 11) is 1.97. The number of fused-ring (bicyclic) bond motifs is 2. The van der Waals surface area contributed by atoms with Crippen LogP contribution in [0.15, 0.2) is 4.73 Å². The molecule has 0 spiro atoms. The summed E-state index contributed by atoms with van der Waals surface area (Å²) in [5.74, 6) is 1.04. The van der Waals surface area contributed by atoms with Gasteiger partial charge in [-0.3, -0.25) is 0 Å². The Morgan fingerprint density at radius 2 is 1.87 bits per heavy atom. The molecule has 5 heteroatoms. The van der Waals surface area contributed by atoms with Gasteiger partial charge in [-0.25, -0.2) is 4.68 Å².